The largest absolute Gasteiger partial charge is 0.423 e. The topological polar surface area (TPSA) is 78.2 Å². The molecule has 9 heteroatoms. The minimum atomic E-state index is -0.516. The number of ether oxygens (including phenoxy) is 1. The highest BCUT2D eigenvalue weighted by Crippen LogP contribution is 2.25. The zero-order chi connectivity index (χ0) is 24.6. The summed E-state index contributed by atoms with van der Waals surface area (Å²) < 4.78 is 37.0. The molecular formula is C25H24F2N4O3. The van der Waals surface area contributed by atoms with Crippen molar-refractivity contribution in [1.29, 1.82) is 0 Å². The van der Waals surface area contributed by atoms with Gasteiger partial charge in [0.25, 0.3) is 5.91 Å². The fourth-order valence-electron chi connectivity index (χ4n) is 4.01. The summed E-state index contributed by atoms with van der Waals surface area (Å²) in [7, 11) is 0. The number of fused-ring (bicyclic) bond motifs is 1. The van der Waals surface area contributed by atoms with Gasteiger partial charge in [-0.15, -0.1) is 0 Å². The van der Waals surface area contributed by atoms with E-state index < -0.39 is 17.7 Å². The predicted octanol–water partition coefficient (Wildman–Crippen LogP) is 4.98. The molecule has 0 atom stereocenters. The van der Waals surface area contributed by atoms with Crippen molar-refractivity contribution in [3.8, 4) is 5.75 Å². The lowest BCUT2D eigenvalue weighted by molar-refractivity contribution is -0.132. The van der Waals surface area contributed by atoms with Crippen molar-refractivity contribution in [2.24, 2.45) is 0 Å². The third-order valence-electron chi connectivity index (χ3n) is 5.60. The Morgan fingerprint density at radius 3 is 2.53 bits per heavy atom. The van der Waals surface area contributed by atoms with Crippen LogP contribution >= 0.6 is 0 Å². The number of carbonyl (C=O) groups excluding carboxylic acids is 2. The van der Waals surface area contributed by atoms with E-state index in [4.69, 9.17) is 4.74 Å². The average Bonchev–Trinajstić information content (AvgIpc) is 3.27. The number of hydrogen-bond acceptors (Lipinski definition) is 4. The number of benzene rings is 2. The molecule has 2 aromatic carbocycles. The Hall–Kier alpha value is -4.01. The van der Waals surface area contributed by atoms with Crippen LogP contribution in [0.1, 0.15) is 41.3 Å². The zero-order valence-electron chi connectivity index (χ0n) is 19.3. The monoisotopic (exact) mass is 466 g/mol. The molecule has 0 saturated heterocycles. The Morgan fingerprint density at radius 2 is 1.85 bits per heavy atom. The number of esters is 1. The molecule has 0 radical (unpaired) electrons. The molecule has 0 aliphatic rings. The van der Waals surface area contributed by atoms with Crippen molar-refractivity contribution in [3.63, 3.8) is 0 Å². The van der Waals surface area contributed by atoms with Gasteiger partial charge in [-0.3, -0.25) is 14.3 Å². The molecular weight excluding hydrogens is 442 g/mol. The van der Waals surface area contributed by atoms with Crippen molar-refractivity contribution in [3.05, 3.63) is 76.7 Å². The molecule has 4 rings (SSSR count). The number of amides is 1. The lowest BCUT2D eigenvalue weighted by atomic mass is 10.2. The molecule has 0 saturated carbocycles. The number of aryl methyl sites for hydroxylation is 2. The Bertz CT molecular complexity index is 1420. The molecule has 34 heavy (non-hydrogen) atoms. The molecule has 176 valence electrons. The zero-order valence-corrected chi connectivity index (χ0v) is 19.3. The van der Waals surface area contributed by atoms with Crippen LogP contribution in [0.4, 0.5) is 14.5 Å². The summed E-state index contributed by atoms with van der Waals surface area (Å²) in [5, 5.41) is 7.66. The highest BCUT2D eigenvalue weighted by molar-refractivity contribution is 6.06. The van der Waals surface area contributed by atoms with Gasteiger partial charge in [0, 0.05) is 35.6 Å². The van der Waals surface area contributed by atoms with Crippen LogP contribution in [0.3, 0.4) is 0 Å². The molecule has 2 heterocycles. The van der Waals surface area contributed by atoms with Gasteiger partial charge in [0.2, 0.25) is 0 Å². The molecule has 1 N–H and O–H groups in total. The van der Waals surface area contributed by atoms with Crippen LogP contribution < -0.4 is 10.1 Å². The van der Waals surface area contributed by atoms with E-state index >= 15 is 0 Å². The van der Waals surface area contributed by atoms with Crippen LogP contribution in [0.2, 0.25) is 0 Å². The summed E-state index contributed by atoms with van der Waals surface area (Å²) in [5.41, 5.74) is 2.88. The number of halogens is 2. The first kappa shape index (κ1) is 23.2. The van der Waals surface area contributed by atoms with E-state index in [2.05, 4.69) is 10.4 Å². The first-order valence-corrected chi connectivity index (χ1v) is 10.8. The Balaban J connectivity index is 1.55. The SMILES string of the molecule is CCn1c(C(=O)Nc2ccc(Cn3nc(C)c(OC(C)=O)c3C)c(F)c2)cc2cc(F)ccc21. The fourth-order valence-corrected chi connectivity index (χ4v) is 4.01. The van der Waals surface area contributed by atoms with Crippen LogP contribution in [0.15, 0.2) is 42.5 Å². The number of rotatable bonds is 6. The van der Waals surface area contributed by atoms with Crippen molar-refractivity contribution in [1.82, 2.24) is 14.3 Å². The predicted molar refractivity (Wildman–Crippen MR) is 124 cm³/mol. The van der Waals surface area contributed by atoms with Gasteiger partial charge in [-0.05, 0) is 57.2 Å². The summed E-state index contributed by atoms with van der Waals surface area (Å²) in [5.74, 6) is -1.41. The molecule has 2 aromatic heterocycles. The van der Waals surface area contributed by atoms with Crippen LogP contribution in [0.5, 0.6) is 5.75 Å². The normalized spacial score (nSPS) is 11.1. The maximum Gasteiger partial charge on any atom is 0.308 e. The number of nitrogens with zero attached hydrogens (tertiary/aromatic N) is 3. The molecule has 0 fully saturated rings. The summed E-state index contributed by atoms with van der Waals surface area (Å²) in [6.07, 6.45) is 0. The Morgan fingerprint density at radius 1 is 1.09 bits per heavy atom. The van der Waals surface area contributed by atoms with E-state index in [0.717, 1.165) is 5.52 Å². The van der Waals surface area contributed by atoms with Crippen LogP contribution in [0.25, 0.3) is 10.9 Å². The van der Waals surface area contributed by atoms with Gasteiger partial charge in [-0.1, -0.05) is 6.07 Å². The van der Waals surface area contributed by atoms with E-state index in [9.17, 15) is 18.4 Å². The highest BCUT2D eigenvalue weighted by Gasteiger charge is 2.18. The standard InChI is InChI=1S/C25H24F2N4O3/c1-5-30-22-9-7-19(26)10-18(22)11-23(30)25(33)28-20-8-6-17(21(27)12-20)13-31-15(3)24(14(2)29-31)34-16(4)32/h6-12H,5,13H2,1-4H3,(H,28,33). The summed E-state index contributed by atoms with van der Waals surface area (Å²) in [4.78, 5) is 24.2. The van der Waals surface area contributed by atoms with E-state index in [1.54, 1.807) is 47.4 Å². The van der Waals surface area contributed by atoms with Crippen molar-refractivity contribution in [2.75, 3.05) is 5.32 Å². The quantitative estimate of drug-likeness (QED) is 0.407. The third-order valence-corrected chi connectivity index (χ3v) is 5.60. The molecule has 7 nitrogen and oxygen atoms in total. The molecule has 0 aliphatic carbocycles. The lowest BCUT2D eigenvalue weighted by Crippen LogP contribution is -2.17. The number of hydrogen-bond donors (Lipinski definition) is 1. The fraction of sp³-hybridized carbons (Fsp3) is 0.240. The van der Waals surface area contributed by atoms with E-state index in [1.807, 2.05) is 6.92 Å². The Kier molecular flexibility index (Phi) is 6.19. The van der Waals surface area contributed by atoms with Gasteiger partial charge >= 0.3 is 5.97 Å². The Labute approximate surface area is 194 Å². The molecule has 0 spiro atoms. The summed E-state index contributed by atoms with van der Waals surface area (Å²) >= 11 is 0. The van der Waals surface area contributed by atoms with Crippen molar-refractivity contribution >= 4 is 28.5 Å². The summed E-state index contributed by atoms with van der Waals surface area (Å²) in [6, 6.07) is 10.4. The second kappa shape index (κ2) is 9.09. The van der Waals surface area contributed by atoms with E-state index in [-0.39, 0.29) is 12.4 Å². The number of aromatic nitrogens is 3. The van der Waals surface area contributed by atoms with Gasteiger partial charge in [0.05, 0.1) is 12.2 Å². The van der Waals surface area contributed by atoms with Crippen LogP contribution in [0, 0.1) is 25.5 Å². The summed E-state index contributed by atoms with van der Waals surface area (Å²) in [6.45, 7) is 7.29. The molecule has 0 aliphatic heterocycles. The number of anilines is 1. The molecule has 0 bridgehead atoms. The van der Waals surface area contributed by atoms with Gasteiger partial charge in [0.15, 0.2) is 5.75 Å². The van der Waals surface area contributed by atoms with Crippen molar-refractivity contribution in [2.45, 2.75) is 40.8 Å². The maximum atomic E-state index is 14.9. The molecule has 1 amide bonds. The molecule has 0 unspecified atom stereocenters. The molecule has 4 aromatic rings. The van der Waals surface area contributed by atoms with E-state index in [0.29, 0.717) is 46.0 Å². The van der Waals surface area contributed by atoms with Crippen LogP contribution in [-0.2, 0) is 17.9 Å². The second-order valence-corrected chi connectivity index (χ2v) is 7.99. The number of nitrogens with one attached hydrogen (secondary N) is 1. The van der Waals surface area contributed by atoms with Crippen LogP contribution in [-0.4, -0.2) is 26.2 Å². The highest BCUT2D eigenvalue weighted by atomic mass is 19.1. The second-order valence-electron chi connectivity index (χ2n) is 7.99. The smallest absolute Gasteiger partial charge is 0.308 e. The lowest BCUT2D eigenvalue weighted by Gasteiger charge is -2.11. The van der Waals surface area contributed by atoms with Crippen molar-refractivity contribution < 1.29 is 23.1 Å². The van der Waals surface area contributed by atoms with Gasteiger partial charge < -0.3 is 14.6 Å². The minimum absolute atomic E-state index is 0.129. The number of carbonyl (C=O) groups is 2. The van der Waals surface area contributed by atoms with Gasteiger partial charge in [0.1, 0.15) is 23.0 Å². The van der Waals surface area contributed by atoms with Gasteiger partial charge in [-0.2, -0.15) is 5.10 Å². The first-order valence-electron chi connectivity index (χ1n) is 10.8. The third kappa shape index (κ3) is 4.41. The first-order chi connectivity index (χ1) is 16.2. The minimum Gasteiger partial charge on any atom is -0.423 e. The van der Waals surface area contributed by atoms with E-state index in [1.165, 1.54) is 25.1 Å². The van der Waals surface area contributed by atoms with Gasteiger partial charge in [-0.25, -0.2) is 8.78 Å². The average molecular weight is 466 g/mol. The maximum absolute atomic E-state index is 14.9.